The Balaban J connectivity index is 0.611. The Morgan fingerprint density at radius 2 is 0.579 bits per heavy atom. The largest absolute Gasteiger partial charge is 0.456 e. The summed E-state index contributed by atoms with van der Waals surface area (Å²) in [5, 5.41) is 4.64. The van der Waals surface area contributed by atoms with Gasteiger partial charge in [-0.05, 0) is 217 Å². The molecule has 1 atom stereocenters. The van der Waals surface area contributed by atoms with Crippen LogP contribution >= 0.6 is 0 Å². The van der Waals surface area contributed by atoms with Gasteiger partial charge in [-0.1, -0.05) is 273 Å². The number of anilines is 9. The second kappa shape index (κ2) is 24.8. The van der Waals surface area contributed by atoms with E-state index < -0.39 is 10.8 Å². The summed E-state index contributed by atoms with van der Waals surface area (Å²) < 4.78 is 16.6. The van der Waals surface area contributed by atoms with E-state index in [1.54, 1.807) is 0 Å². The number of para-hydroxylation sites is 6. The molecule has 4 aliphatic rings. The molecule has 0 bridgehead atoms. The number of benzene rings is 17. The lowest BCUT2D eigenvalue weighted by Crippen LogP contribution is -2.26. The van der Waals surface area contributed by atoms with Gasteiger partial charge in [0.1, 0.15) is 22.7 Å². The summed E-state index contributed by atoms with van der Waals surface area (Å²) in [6, 6.07) is 151. The molecule has 0 amide bonds. The van der Waals surface area contributed by atoms with Gasteiger partial charge in [0.2, 0.25) is 0 Å². The third-order valence-electron chi connectivity index (χ3n) is 24.8. The van der Waals surface area contributed by atoms with Gasteiger partial charge >= 0.3 is 0 Å². The van der Waals surface area contributed by atoms with Gasteiger partial charge in [-0.3, -0.25) is 0 Å². The predicted octanol–water partition coefficient (Wildman–Crippen LogP) is 28.7. The molecule has 0 radical (unpaired) electrons. The predicted molar refractivity (Wildman–Crippen MR) is 468 cm³/mol. The Bertz CT molecular complexity index is 7200. The van der Waals surface area contributed by atoms with Crippen molar-refractivity contribution in [2.75, 3.05) is 14.7 Å². The average Bonchev–Trinajstić information content (AvgIpc) is 1.50. The van der Waals surface area contributed by atoms with Gasteiger partial charge in [0.15, 0.2) is 0 Å². The highest BCUT2D eigenvalue weighted by molar-refractivity contribution is 6.12. The second-order valence-electron chi connectivity index (χ2n) is 30.5. The minimum Gasteiger partial charge on any atom is -0.456 e. The maximum atomic E-state index is 7.33. The highest BCUT2D eigenvalue weighted by Gasteiger charge is 2.57. The summed E-state index contributed by atoms with van der Waals surface area (Å²) in [6.45, 7) is 0. The zero-order valence-electron chi connectivity index (χ0n) is 61.9. The monoisotopic (exact) mass is 1450 g/mol. The number of hydrogen-bond acceptors (Lipinski definition) is 5. The molecule has 1 unspecified atom stereocenters. The first-order chi connectivity index (χ1) is 56.6. The number of hydrogen-bond donors (Lipinski definition) is 0. The van der Waals surface area contributed by atoms with Gasteiger partial charge in [0, 0.05) is 95.0 Å². The van der Waals surface area contributed by atoms with Gasteiger partial charge in [0.05, 0.1) is 27.6 Å². The molecule has 24 rings (SSSR count). The van der Waals surface area contributed by atoms with Crippen molar-refractivity contribution < 1.29 is 8.83 Å². The van der Waals surface area contributed by atoms with Crippen LogP contribution in [0.1, 0.15) is 44.5 Å². The standard InChI is InChI=1S/C108H68N4O2/c1-4-25-73(26-5-1)109(74-27-6-2-7-28-74)77-59-61-78(62-60-77)110(80-63-65-95-89(67-80)84-33-12-19-40-93(84)107(95)94-41-20-13-35-86(94)105-103(107)87-36-15-22-45-100(87)113-105)76-55-51-71(52-56-76)69-47-49-70(50-48-69)72-53-57-79(58-54-72)111(81-64-66-98-90(68-81)85-34-14-21-43-97(85)112(98)75-29-8-3-9-30-75)99-44-24-42-96-102(99)106-104(88-37-16-23-46-101(88)114-106)108(96)91-38-17-10-31-82(91)83-32-11-18-39-92(83)108/h1-68H. The van der Waals surface area contributed by atoms with Gasteiger partial charge in [-0.2, -0.15) is 0 Å². The minimum atomic E-state index is -0.630. The number of furan rings is 2. The summed E-state index contributed by atoms with van der Waals surface area (Å²) >= 11 is 0. The van der Waals surface area contributed by atoms with Crippen molar-refractivity contribution in [3.8, 4) is 72.8 Å². The highest BCUT2D eigenvalue weighted by atomic mass is 16.3. The van der Waals surface area contributed by atoms with E-state index in [-0.39, 0.29) is 0 Å². The second-order valence-corrected chi connectivity index (χ2v) is 30.5. The molecule has 0 N–H and O–H groups in total. The summed E-state index contributed by atoms with van der Waals surface area (Å²) in [5.74, 6) is 1.86. The van der Waals surface area contributed by atoms with Crippen molar-refractivity contribution in [1.29, 1.82) is 0 Å². The first-order valence-electron chi connectivity index (χ1n) is 39.3. The van der Waals surface area contributed by atoms with E-state index in [0.29, 0.717) is 0 Å². The summed E-state index contributed by atoms with van der Waals surface area (Å²) in [4.78, 5) is 7.21. The summed E-state index contributed by atoms with van der Waals surface area (Å²) in [7, 11) is 0. The average molecular weight is 1450 g/mol. The lowest BCUT2D eigenvalue weighted by molar-refractivity contribution is 0.628. The van der Waals surface area contributed by atoms with E-state index >= 15 is 0 Å². The van der Waals surface area contributed by atoms with Crippen LogP contribution in [-0.4, -0.2) is 4.57 Å². The summed E-state index contributed by atoms with van der Waals surface area (Å²) in [6.07, 6.45) is 0. The lowest BCUT2D eigenvalue weighted by Gasteiger charge is -2.31. The molecule has 532 valence electrons. The maximum absolute atomic E-state index is 7.33. The smallest absolute Gasteiger partial charge is 0.142 e. The molecule has 0 saturated heterocycles. The van der Waals surface area contributed by atoms with Crippen LogP contribution in [0.15, 0.2) is 421 Å². The molecule has 0 aliphatic heterocycles. The molecule has 17 aromatic carbocycles. The molecule has 114 heavy (non-hydrogen) atoms. The summed E-state index contributed by atoms with van der Waals surface area (Å²) in [5.41, 5.74) is 35.1. The molecule has 3 aromatic heterocycles. The molecule has 6 heteroatoms. The molecule has 3 heterocycles. The van der Waals surface area contributed by atoms with Crippen LogP contribution < -0.4 is 14.7 Å². The lowest BCUT2D eigenvalue weighted by atomic mass is 9.70. The van der Waals surface area contributed by atoms with Crippen molar-refractivity contribution in [3.05, 3.63) is 457 Å². The molecule has 6 nitrogen and oxygen atoms in total. The zero-order chi connectivity index (χ0) is 74.7. The van der Waals surface area contributed by atoms with E-state index in [1.165, 1.54) is 77.5 Å². The first-order valence-corrected chi connectivity index (χ1v) is 39.3. The molecule has 4 aliphatic carbocycles. The number of fused-ring (bicyclic) bond motifs is 27. The Kier molecular flexibility index (Phi) is 13.9. The highest BCUT2D eigenvalue weighted by Crippen LogP contribution is 2.68. The van der Waals surface area contributed by atoms with Crippen LogP contribution in [0.5, 0.6) is 0 Å². The van der Waals surface area contributed by atoms with Gasteiger partial charge < -0.3 is 28.1 Å². The van der Waals surface area contributed by atoms with Crippen LogP contribution in [0.3, 0.4) is 0 Å². The molecule has 2 spiro atoms. The fourth-order valence-corrected chi connectivity index (χ4v) is 20.2. The number of aromatic nitrogens is 1. The molecule has 0 fully saturated rings. The number of rotatable bonds is 12. The SMILES string of the molecule is c1ccc(N(c2ccccc2)c2ccc(N(c3ccc(-c4ccc(-c5ccc(N(c6ccc7c(c6)c6ccccc6n7-c6ccccc6)c6cccc7c6-c6oc8ccccc8c6C76c7ccccc7-c7ccccc76)cc5)cc4)cc3)c3ccc4c(c3)-c3ccccc3C43c4ccccc4-c4oc5ccccc5c43)cc2)cc1. The zero-order valence-corrected chi connectivity index (χ0v) is 61.9. The van der Waals surface area contributed by atoms with Crippen LogP contribution in [-0.2, 0) is 10.8 Å². The van der Waals surface area contributed by atoms with Crippen molar-refractivity contribution >= 4 is 94.9 Å². The van der Waals surface area contributed by atoms with E-state index in [9.17, 15) is 0 Å². The van der Waals surface area contributed by atoms with Crippen LogP contribution in [0.25, 0.3) is 117 Å². The minimum absolute atomic E-state index is 0.576. The number of nitrogens with zero attached hydrogens (tertiary/aromatic N) is 4. The third-order valence-corrected chi connectivity index (χ3v) is 24.8. The van der Waals surface area contributed by atoms with E-state index in [0.717, 1.165) is 135 Å². The van der Waals surface area contributed by atoms with Crippen LogP contribution in [0.2, 0.25) is 0 Å². The Hall–Kier alpha value is -15.0. The normalized spacial score (nSPS) is 14.1. The molecule has 20 aromatic rings. The topological polar surface area (TPSA) is 40.9 Å². The maximum Gasteiger partial charge on any atom is 0.142 e. The Morgan fingerprint density at radius 1 is 0.219 bits per heavy atom. The van der Waals surface area contributed by atoms with Crippen molar-refractivity contribution in [1.82, 2.24) is 4.57 Å². The van der Waals surface area contributed by atoms with Gasteiger partial charge in [-0.25, -0.2) is 0 Å². The van der Waals surface area contributed by atoms with Gasteiger partial charge in [0.25, 0.3) is 0 Å². The molecular formula is C108H68N4O2. The Morgan fingerprint density at radius 3 is 1.15 bits per heavy atom. The van der Waals surface area contributed by atoms with Crippen molar-refractivity contribution in [2.24, 2.45) is 0 Å². The third kappa shape index (κ3) is 9.07. The first kappa shape index (κ1) is 63.9. The Labute approximate surface area is 659 Å². The fourth-order valence-electron chi connectivity index (χ4n) is 20.2. The van der Waals surface area contributed by atoms with Crippen molar-refractivity contribution in [3.63, 3.8) is 0 Å². The molecule has 0 saturated carbocycles. The van der Waals surface area contributed by atoms with Crippen LogP contribution in [0.4, 0.5) is 51.2 Å². The van der Waals surface area contributed by atoms with Crippen LogP contribution in [0, 0.1) is 0 Å². The van der Waals surface area contributed by atoms with Gasteiger partial charge in [-0.15, -0.1) is 0 Å². The fraction of sp³-hybridized carbons (Fsp3) is 0.0185. The van der Waals surface area contributed by atoms with E-state index in [1.807, 2.05) is 0 Å². The van der Waals surface area contributed by atoms with E-state index in [2.05, 4.69) is 432 Å². The molecular weight excluding hydrogens is 1390 g/mol. The van der Waals surface area contributed by atoms with E-state index in [4.69, 9.17) is 8.83 Å². The van der Waals surface area contributed by atoms with Crippen molar-refractivity contribution in [2.45, 2.75) is 10.8 Å². The quantitative estimate of drug-likeness (QED) is 0.122.